The number of aromatic nitrogens is 4. The van der Waals surface area contributed by atoms with E-state index in [-0.39, 0.29) is 11.8 Å². The van der Waals surface area contributed by atoms with Crippen molar-refractivity contribution in [1.29, 1.82) is 0 Å². The maximum Gasteiger partial charge on any atom is 0.272 e. The topological polar surface area (TPSA) is 98.0 Å². The number of nitrogens with one attached hydrogen (secondary N) is 2. The van der Waals surface area contributed by atoms with E-state index in [0.717, 1.165) is 16.5 Å². The third-order valence-electron chi connectivity index (χ3n) is 5.40. The third-order valence-corrected chi connectivity index (χ3v) is 5.40. The summed E-state index contributed by atoms with van der Waals surface area (Å²) in [4.78, 5) is 36.4. The van der Waals surface area contributed by atoms with Crippen molar-refractivity contribution in [3.05, 3.63) is 72.3 Å². The average molecular weight is 400 g/mol. The fourth-order valence-electron chi connectivity index (χ4n) is 3.74. The van der Waals surface area contributed by atoms with Gasteiger partial charge < -0.3 is 14.8 Å². The Morgan fingerprint density at radius 2 is 1.50 bits per heavy atom. The van der Waals surface area contributed by atoms with Crippen LogP contribution in [-0.4, -0.2) is 68.0 Å². The molecule has 1 aromatic carbocycles. The van der Waals surface area contributed by atoms with Crippen molar-refractivity contribution in [3.8, 4) is 11.3 Å². The first-order valence-electron chi connectivity index (χ1n) is 9.81. The first kappa shape index (κ1) is 18.1. The minimum atomic E-state index is -0.111. The SMILES string of the molecule is O=C(c1cc(-c2ccncc2)n[nH]1)N1CCN(C(=O)c2cc3ccccc3[nH]2)CC1. The van der Waals surface area contributed by atoms with Gasteiger partial charge in [0.1, 0.15) is 11.4 Å². The van der Waals surface area contributed by atoms with Crippen LogP contribution in [0.3, 0.4) is 0 Å². The molecule has 0 bridgehead atoms. The Hall–Kier alpha value is -3.94. The summed E-state index contributed by atoms with van der Waals surface area (Å²) in [5.41, 5.74) is 3.56. The highest BCUT2D eigenvalue weighted by Crippen LogP contribution is 2.19. The van der Waals surface area contributed by atoms with Crippen molar-refractivity contribution in [3.63, 3.8) is 0 Å². The van der Waals surface area contributed by atoms with E-state index in [9.17, 15) is 9.59 Å². The Bertz CT molecular complexity index is 1170. The minimum absolute atomic E-state index is 0.0418. The molecule has 2 amide bonds. The standard InChI is InChI=1S/C22H20N6O2/c29-21(19-13-16-3-1-2-4-17(16)24-19)27-9-11-28(12-10-27)22(30)20-14-18(25-26-20)15-5-7-23-8-6-15/h1-8,13-14,24H,9-12H2,(H,25,26). The van der Waals surface area contributed by atoms with E-state index in [0.29, 0.717) is 43.3 Å². The molecule has 1 fully saturated rings. The highest BCUT2D eigenvalue weighted by Gasteiger charge is 2.27. The van der Waals surface area contributed by atoms with Crippen molar-refractivity contribution in [2.75, 3.05) is 26.2 Å². The number of nitrogens with zero attached hydrogens (tertiary/aromatic N) is 4. The van der Waals surface area contributed by atoms with Gasteiger partial charge in [-0.15, -0.1) is 0 Å². The second kappa shape index (κ2) is 7.47. The van der Waals surface area contributed by atoms with Crippen LogP contribution >= 0.6 is 0 Å². The van der Waals surface area contributed by atoms with Crippen LogP contribution in [0.1, 0.15) is 21.0 Å². The number of pyridine rings is 1. The number of benzene rings is 1. The first-order valence-corrected chi connectivity index (χ1v) is 9.81. The molecule has 1 saturated heterocycles. The molecule has 8 nitrogen and oxygen atoms in total. The Labute approximate surface area is 172 Å². The second-order valence-electron chi connectivity index (χ2n) is 7.26. The van der Waals surface area contributed by atoms with Gasteiger partial charge in [-0.2, -0.15) is 5.10 Å². The Morgan fingerprint density at radius 1 is 0.833 bits per heavy atom. The summed E-state index contributed by atoms with van der Waals surface area (Å²) in [6, 6.07) is 15.1. The van der Waals surface area contributed by atoms with Crippen molar-refractivity contribution < 1.29 is 9.59 Å². The maximum atomic E-state index is 12.8. The molecule has 5 rings (SSSR count). The summed E-state index contributed by atoms with van der Waals surface area (Å²) in [6.45, 7) is 1.94. The van der Waals surface area contributed by atoms with Crippen molar-refractivity contribution in [1.82, 2.24) is 30.0 Å². The van der Waals surface area contributed by atoms with Crippen molar-refractivity contribution >= 4 is 22.7 Å². The van der Waals surface area contributed by atoms with Crippen LogP contribution in [0.5, 0.6) is 0 Å². The summed E-state index contributed by atoms with van der Waals surface area (Å²) < 4.78 is 0. The minimum Gasteiger partial charge on any atom is -0.351 e. The zero-order valence-corrected chi connectivity index (χ0v) is 16.2. The summed E-state index contributed by atoms with van der Waals surface area (Å²) in [5.74, 6) is -0.152. The van der Waals surface area contributed by atoms with Gasteiger partial charge in [-0.1, -0.05) is 18.2 Å². The quantitative estimate of drug-likeness (QED) is 0.552. The predicted molar refractivity (Wildman–Crippen MR) is 112 cm³/mol. The first-order chi connectivity index (χ1) is 14.7. The lowest BCUT2D eigenvalue weighted by Crippen LogP contribution is -2.50. The highest BCUT2D eigenvalue weighted by molar-refractivity contribution is 5.98. The van der Waals surface area contributed by atoms with E-state index in [2.05, 4.69) is 20.2 Å². The van der Waals surface area contributed by atoms with E-state index in [4.69, 9.17) is 0 Å². The number of aromatic amines is 2. The maximum absolute atomic E-state index is 12.8. The monoisotopic (exact) mass is 400 g/mol. The van der Waals surface area contributed by atoms with Crippen LogP contribution in [0, 0.1) is 0 Å². The molecular weight excluding hydrogens is 380 g/mol. The molecular formula is C22H20N6O2. The molecule has 0 unspecified atom stereocenters. The zero-order chi connectivity index (χ0) is 20.5. The lowest BCUT2D eigenvalue weighted by molar-refractivity contribution is 0.0529. The number of hydrogen-bond donors (Lipinski definition) is 2. The summed E-state index contributed by atoms with van der Waals surface area (Å²) in [7, 11) is 0. The lowest BCUT2D eigenvalue weighted by atomic mass is 10.2. The van der Waals surface area contributed by atoms with Gasteiger partial charge >= 0.3 is 0 Å². The molecule has 1 aliphatic rings. The summed E-state index contributed by atoms with van der Waals surface area (Å²) >= 11 is 0. The number of carbonyl (C=O) groups excluding carboxylic acids is 2. The van der Waals surface area contributed by atoms with Gasteiger partial charge in [0.15, 0.2) is 0 Å². The van der Waals surface area contributed by atoms with E-state index in [1.165, 1.54) is 0 Å². The molecule has 0 spiro atoms. The van der Waals surface area contributed by atoms with Gasteiger partial charge in [0.05, 0.1) is 5.69 Å². The molecule has 2 N–H and O–H groups in total. The van der Waals surface area contributed by atoms with Crippen LogP contribution in [0.2, 0.25) is 0 Å². The third kappa shape index (κ3) is 3.32. The zero-order valence-electron chi connectivity index (χ0n) is 16.2. The van der Waals surface area contributed by atoms with E-state index >= 15 is 0 Å². The smallest absolute Gasteiger partial charge is 0.272 e. The Morgan fingerprint density at radius 3 is 2.20 bits per heavy atom. The summed E-state index contributed by atoms with van der Waals surface area (Å²) in [5, 5.41) is 8.08. The fourth-order valence-corrected chi connectivity index (χ4v) is 3.74. The molecule has 4 aromatic rings. The molecule has 0 aliphatic carbocycles. The summed E-state index contributed by atoms with van der Waals surface area (Å²) in [6.07, 6.45) is 3.38. The van der Waals surface area contributed by atoms with Gasteiger partial charge in [0.2, 0.25) is 0 Å². The number of rotatable bonds is 3. The van der Waals surface area contributed by atoms with E-state index in [1.807, 2.05) is 42.5 Å². The van der Waals surface area contributed by atoms with Crippen LogP contribution in [0.25, 0.3) is 22.2 Å². The number of H-pyrrole nitrogens is 2. The second-order valence-corrected chi connectivity index (χ2v) is 7.26. The molecule has 3 aromatic heterocycles. The number of fused-ring (bicyclic) bond motifs is 1. The molecule has 0 radical (unpaired) electrons. The number of amides is 2. The number of piperazine rings is 1. The fraction of sp³-hybridized carbons (Fsp3) is 0.182. The largest absolute Gasteiger partial charge is 0.351 e. The Kier molecular flexibility index (Phi) is 4.51. The average Bonchev–Trinajstić information content (AvgIpc) is 3.46. The van der Waals surface area contributed by atoms with Crippen LogP contribution < -0.4 is 0 Å². The van der Waals surface area contributed by atoms with Gasteiger partial charge in [-0.3, -0.25) is 19.7 Å². The number of hydrogen-bond acceptors (Lipinski definition) is 4. The molecule has 1 aliphatic heterocycles. The molecule has 0 atom stereocenters. The van der Waals surface area contributed by atoms with Gasteiger partial charge in [-0.05, 0) is 30.3 Å². The van der Waals surface area contributed by atoms with E-state index < -0.39 is 0 Å². The normalized spacial score (nSPS) is 14.3. The Balaban J connectivity index is 1.24. The number of carbonyl (C=O) groups is 2. The van der Waals surface area contributed by atoms with Crippen LogP contribution in [0.4, 0.5) is 0 Å². The van der Waals surface area contributed by atoms with Crippen molar-refractivity contribution in [2.45, 2.75) is 0 Å². The van der Waals surface area contributed by atoms with Gasteiger partial charge in [0, 0.05) is 55.0 Å². The lowest BCUT2D eigenvalue weighted by Gasteiger charge is -2.34. The van der Waals surface area contributed by atoms with Crippen LogP contribution in [-0.2, 0) is 0 Å². The van der Waals surface area contributed by atoms with Gasteiger partial charge in [0.25, 0.3) is 11.8 Å². The molecule has 150 valence electrons. The molecule has 30 heavy (non-hydrogen) atoms. The van der Waals surface area contributed by atoms with Gasteiger partial charge in [-0.25, -0.2) is 0 Å². The van der Waals surface area contributed by atoms with Crippen molar-refractivity contribution in [2.24, 2.45) is 0 Å². The van der Waals surface area contributed by atoms with E-state index in [1.54, 1.807) is 28.3 Å². The molecule has 8 heteroatoms. The number of para-hydroxylation sites is 1. The molecule has 4 heterocycles. The predicted octanol–water partition coefficient (Wildman–Crippen LogP) is 2.55. The highest BCUT2D eigenvalue weighted by atomic mass is 16.2. The molecule has 0 saturated carbocycles. The van der Waals surface area contributed by atoms with Crippen LogP contribution in [0.15, 0.2) is 60.9 Å².